The van der Waals surface area contributed by atoms with Crippen LogP contribution in [0.2, 0.25) is 0 Å². The van der Waals surface area contributed by atoms with E-state index in [0.29, 0.717) is 5.56 Å². The summed E-state index contributed by atoms with van der Waals surface area (Å²) in [5, 5.41) is 3.14. The first-order valence-electron chi connectivity index (χ1n) is 7.14. The molecule has 1 aromatic carbocycles. The summed E-state index contributed by atoms with van der Waals surface area (Å²) in [6.45, 7) is 7.42. The summed E-state index contributed by atoms with van der Waals surface area (Å²) in [6.07, 6.45) is 1.86. The minimum absolute atomic E-state index is 0.0460. The second-order valence-corrected chi connectivity index (χ2v) is 5.92. The number of nitrogens with zero attached hydrogens (tertiary/aromatic N) is 1. The van der Waals surface area contributed by atoms with Gasteiger partial charge in [-0.15, -0.1) is 0 Å². The summed E-state index contributed by atoms with van der Waals surface area (Å²) < 4.78 is 26.6. The SMILES string of the molecule is CCC(C)(C)N(C)CCC(NC)c1cc(F)cc(F)c1. The number of halogens is 2. The molecule has 2 nitrogen and oxygen atoms in total. The van der Waals surface area contributed by atoms with Gasteiger partial charge in [-0.25, -0.2) is 8.78 Å². The van der Waals surface area contributed by atoms with Crippen LogP contribution < -0.4 is 5.32 Å². The third kappa shape index (κ3) is 4.53. The van der Waals surface area contributed by atoms with Gasteiger partial charge in [0.1, 0.15) is 11.6 Å². The van der Waals surface area contributed by atoms with Crippen molar-refractivity contribution in [3.63, 3.8) is 0 Å². The Morgan fingerprint density at radius 3 is 2.20 bits per heavy atom. The van der Waals surface area contributed by atoms with Crippen molar-refractivity contribution in [2.24, 2.45) is 0 Å². The molecule has 0 spiro atoms. The molecule has 1 atom stereocenters. The van der Waals surface area contributed by atoms with Crippen LogP contribution in [-0.4, -0.2) is 31.1 Å². The van der Waals surface area contributed by atoms with Gasteiger partial charge in [0.2, 0.25) is 0 Å². The zero-order valence-electron chi connectivity index (χ0n) is 13.1. The summed E-state index contributed by atoms with van der Waals surface area (Å²) in [5.74, 6) is -1.05. The van der Waals surface area contributed by atoms with Crippen molar-refractivity contribution in [3.8, 4) is 0 Å². The second kappa shape index (κ2) is 7.14. The van der Waals surface area contributed by atoms with Gasteiger partial charge in [-0.05, 0) is 58.5 Å². The maximum Gasteiger partial charge on any atom is 0.126 e. The Hall–Kier alpha value is -1.00. The normalized spacial score (nSPS) is 13.8. The maximum absolute atomic E-state index is 13.3. The number of hydrogen-bond donors (Lipinski definition) is 1. The van der Waals surface area contributed by atoms with Gasteiger partial charge in [-0.3, -0.25) is 0 Å². The molecule has 0 aliphatic rings. The molecule has 0 bridgehead atoms. The number of benzene rings is 1. The molecule has 0 radical (unpaired) electrons. The average molecular weight is 284 g/mol. The quantitative estimate of drug-likeness (QED) is 0.820. The highest BCUT2D eigenvalue weighted by Crippen LogP contribution is 2.22. The summed E-state index contributed by atoms with van der Waals surface area (Å²) >= 11 is 0. The fourth-order valence-electron chi connectivity index (χ4n) is 2.15. The van der Waals surface area contributed by atoms with Gasteiger partial charge in [-0.1, -0.05) is 6.92 Å². The van der Waals surface area contributed by atoms with E-state index in [-0.39, 0.29) is 11.6 Å². The predicted octanol–water partition coefficient (Wildman–Crippen LogP) is 3.74. The van der Waals surface area contributed by atoms with Crippen LogP contribution in [-0.2, 0) is 0 Å². The van der Waals surface area contributed by atoms with Crippen molar-refractivity contribution >= 4 is 0 Å². The Bertz CT molecular complexity index is 412. The van der Waals surface area contributed by atoms with Crippen LogP contribution in [0.25, 0.3) is 0 Å². The van der Waals surface area contributed by atoms with Crippen molar-refractivity contribution < 1.29 is 8.78 Å². The molecule has 0 aromatic heterocycles. The molecule has 0 fully saturated rings. The smallest absolute Gasteiger partial charge is 0.126 e. The van der Waals surface area contributed by atoms with Crippen LogP contribution in [0.4, 0.5) is 8.78 Å². The van der Waals surface area contributed by atoms with E-state index < -0.39 is 11.6 Å². The lowest BCUT2D eigenvalue weighted by molar-refractivity contribution is 0.144. The zero-order chi connectivity index (χ0) is 15.3. The number of hydrogen-bond acceptors (Lipinski definition) is 2. The highest BCUT2D eigenvalue weighted by Gasteiger charge is 2.22. The lowest BCUT2D eigenvalue weighted by Gasteiger charge is -2.35. The molecule has 0 saturated carbocycles. The third-order valence-corrected chi connectivity index (χ3v) is 4.29. The molecule has 1 N–H and O–H groups in total. The lowest BCUT2D eigenvalue weighted by atomic mass is 9.98. The maximum atomic E-state index is 13.3. The van der Waals surface area contributed by atoms with E-state index in [0.717, 1.165) is 25.5 Å². The lowest BCUT2D eigenvalue weighted by Crippen LogP contribution is -2.41. The Morgan fingerprint density at radius 2 is 1.75 bits per heavy atom. The second-order valence-electron chi connectivity index (χ2n) is 5.92. The molecule has 1 aromatic rings. The van der Waals surface area contributed by atoms with E-state index in [1.807, 2.05) is 7.05 Å². The van der Waals surface area contributed by atoms with E-state index >= 15 is 0 Å². The minimum atomic E-state index is -0.525. The molecule has 1 rings (SSSR count). The van der Waals surface area contributed by atoms with Crippen molar-refractivity contribution in [1.29, 1.82) is 0 Å². The van der Waals surface area contributed by atoms with Crippen molar-refractivity contribution in [2.45, 2.75) is 45.2 Å². The van der Waals surface area contributed by atoms with Gasteiger partial charge in [0, 0.05) is 24.2 Å². The molecule has 1 unspecified atom stereocenters. The first-order valence-corrected chi connectivity index (χ1v) is 7.14. The molecule has 114 valence electrons. The standard InChI is InChI=1S/C16H26F2N2/c1-6-16(2,3)20(5)8-7-15(19-4)12-9-13(17)11-14(18)10-12/h9-11,15,19H,6-8H2,1-5H3. The van der Waals surface area contributed by atoms with Crippen LogP contribution in [0.3, 0.4) is 0 Å². The van der Waals surface area contributed by atoms with Crippen LogP contribution in [0.1, 0.15) is 45.2 Å². The first kappa shape index (κ1) is 17.1. The highest BCUT2D eigenvalue weighted by atomic mass is 19.1. The summed E-state index contributed by atoms with van der Waals surface area (Å²) in [7, 11) is 3.90. The van der Waals surface area contributed by atoms with Crippen LogP contribution >= 0.6 is 0 Å². The molecule has 0 saturated heterocycles. The molecule has 0 aliphatic carbocycles. The van der Waals surface area contributed by atoms with Crippen LogP contribution in [0, 0.1) is 11.6 Å². The van der Waals surface area contributed by atoms with E-state index in [2.05, 4.69) is 38.0 Å². The van der Waals surface area contributed by atoms with Crippen LogP contribution in [0.5, 0.6) is 0 Å². The van der Waals surface area contributed by atoms with Gasteiger partial charge in [0.15, 0.2) is 0 Å². The van der Waals surface area contributed by atoms with Crippen molar-refractivity contribution in [3.05, 3.63) is 35.4 Å². The molecule has 4 heteroatoms. The Labute approximate surface area is 121 Å². The summed E-state index contributed by atoms with van der Waals surface area (Å²) in [6, 6.07) is 3.66. The monoisotopic (exact) mass is 284 g/mol. The van der Waals surface area contributed by atoms with Gasteiger partial charge in [0.05, 0.1) is 0 Å². The molecular formula is C16H26F2N2. The first-order chi connectivity index (χ1) is 9.30. The number of nitrogens with one attached hydrogen (secondary N) is 1. The Morgan fingerprint density at radius 1 is 1.20 bits per heavy atom. The Balaban J connectivity index is 2.73. The van der Waals surface area contributed by atoms with E-state index in [1.165, 1.54) is 12.1 Å². The molecule has 0 amide bonds. The molecule has 20 heavy (non-hydrogen) atoms. The third-order valence-electron chi connectivity index (χ3n) is 4.29. The largest absolute Gasteiger partial charge is 0.313 e. The van der Waals surface area contributed by atoms with E-state index in [4.69, 9.17) is 0 Å². The Kier molecular flexibility index (Phi) is 6.08. The van der Waals surface area contributed by atoms with Crippen molar-refractivity contribution in [1.82, 2.24) is 10.2 Å². The predicted molar refractivity (Wildman–Crippen MR) is 79.8 cm³/mol. The molecule has 0 heterocycles. The van der Waals surface area contributed by atoms with Gasteiger partial charge < -0.3 is 10.2 Å². The topological polar surface area (TPSA) is 15.3 Å². The fraction of sp³-hybridized carbons (Fsp3) is 0.625. The highest BCUT2D eigenvalue weighted by molar-refractivity contribution is 5.21. The molecule has 0 aliphatic heterocycles. The van der Waals surface area contributed by atoms with E-state index in [9.17, 15) is 8.78 Å². The minimum Gasteiger partial charge on any atom is -0.313 e. The summed E-state index contributed by atoms with van der Waals surface area (Å²) in [5.41, 5.74) is 0.790. The molecular weight excluding hydrogens is 258 g/mol. The number of rotatable bonds is 7. The van der Waals surface area contributed by atoms with E-state index in [1.54, 1.807) is 0 Å². The van der Waals surface area contributed by atoms with Crippen LogP contribution in [0.15, 0.2) is 18.2 Å². The van der Waals surface area contributed by atoms with Gasteiger partial charge in [-0.2, -0.15) is 0 Å². The zero-order valence-corrected chi connectivity index (χ0v) is 13.1. The van der Waals surface area contributed by atoms with Gasteiger partial charge >= 0.3 is 0 Å². The van der Waals surface area contributed by atoms with Crippen molar-refractivity contribution in [2.75, 3.05) is 20.6 Å². The van der Waals surface area contributed by atoms with Gasteiger partial charge in [0.25, 0.3) is 0 Å². The average Bonchev–Trinajstić information content (AvgIpc) is 2.38. The summed E-state index contributed by atoms with van der Waals surface area (Å²) in [4.78, 5) is 2.28. The fourth-order valence-corrected chi connectivity index (χ4v) is 2.15.